The van der Waals surface area contributed by atoms with Crippen LogP contribution >= 0.6 is 34.4 Å². The number of nitrogens with zero attached hydrogens (tertiary/aromatic N) is 2. The number of ether oxygens (including phenoxy) is 1. The minimum absolute atomic E-state index is 0.161. The summed E-state index contributed by atoms with van der Waals surface area (Å²) in [7, 11) is 1.33. The second kappa shape index (κ2) is 9.59. The molecule has 0 saturated carbocycles. The average Bonchev–Trinajstić information content (AvgIpc) is 3.27. The van der Waals surface area contributed by atoms with Crippen LogP contribution in [0.4, 0.5) is 15.8 Å². The molecule has 0 spiro atoms. The number of anilines is 3. The van der Waals surface area contributed by atoms with Gasteiger partial charge in [0.2, 0.25) is 11.0 Å². The van der Waals surface area contributed by atoms with Crippen LogP contribution in [-0.2, 0) is 9.53 Å². The van der Waals surface area contributed by atoms with Crippen LogP contribution in [0, 0.1) is 27.7 Å². The molecule has 0 aliphatic rings. The van der Waals surface area contributed by atoms with Gasteiger partial charge < -0.3 is 15.4 Å². The molecule has 10 heteroatoms. The van der Waals surface area contributed by atoms with E-state index in [1.807, 2.05) is 26.0 Å². The van der Waals surface area contributed by atoms with E-state index in [0.29, 0.717) is 20.0 Å². The van der Waals surface area contributed by atoms with E-state index < -0.39 is 5.97 Å². The van der Waals surface area contributed by atoms with Gasteiger partial charge in [-0.3, -0.25) is 4.79 Å². The molecule has 2 aromatic heterocycles. The smallest absolute Gasteiger partial charge is 0.341 e. The fourth-order valence-corrected chi connectivity index (χ4v) is 5.30. The highest BCUT2D eigenvalue weighted by molar-refractivity contribution is 8.01. The zero-order chi connectivity index (χ0) is 21.8. The lowest BCUT2D eigenvalue weighted by Gasteiger charge is -2.08. The van der Waals surface area contributed by atoms with Gasteiger partial charge in [-0.05, 0) is 50.5 Å². The van der Waals surface area contributed by atoms with Crippen molar-refractivity contribution in [3.05, 3.63) is 45.3 Å². The van der Waals surface area contributed by atoms with Gasteiger partial charge in [-0.25, -0.2) is 4.79 Å². The number of carbonyl (C=O) groups is 2. The summed E-state index contributed by atoms with van der Waals surface area (Å²) in [5, 5.41) is 15.6. The normalized spacial score (nSPS) is 10.7. The summed E-state index contributed by atoms with van der Waals surface area (Å²) in [6.45, 7) is 7.86. The number of hydrogen-bond donors (Lipinski definition) is 2. The van der Waals surface area contributed by atoms with Crippen molar-refractivity contribution in [1.82, 2.24) is 10.2 Å². The molecule has 0 atom stereocenters. The molecule has 2 heterocycles. The number of rotatable bonds is 7. The van der Waals surface area contributed by atoms with Crippen LogP contribution in [0.25, 0.3) is 0 Å². The van der Waals surface area contributed by atoms with Gasteiger partial charge in [0.15, 0.2) is 4.34 Å². The van der Waals surface area contributed by atoms with E-state index in [-0.39, 0.29) is 11.7 Å². The number of aromatic nitrogens is 2. The van der Waals surface area contributed by atoms with Gasteiger partial charge >= 0.3 is 5.97 Å². The first-order chi connectivity index (χ1) is 14.3. The number of thiophene rings is 1. The maximum atomic E-state index is 12.4. The van der Waals surface area contributed by atoms with Gasteiger partial charge in [0.25, 0.3) is 0 Å². The summed E-state index contributed by atoms with van der Waals surface area (Å²) in [6, 6.07) is 6.04. The molecule has 0 aliphatic heterocycles. The molecule has 0 unspecified atom stereocenters. The molecule has 0 saturated heterocycles. The minimum atomic E-state index is -0.453. The van der Waals surface area contributed by atoms with Crippen molar-refractivity contribution in [2.45, 2.75) is 32.0 Å². The van der Waals surface area contributed by atoms with Crippen LogP contribution in [0.3, 0.4) is 0 Å². The molecule has 0 aliphatic carbocycles. The first kappa shape index (κ1) is 22.3. The van der Waals surface area contributed by atoms with Crippen molar-refractivity contribution in [2.24, 2.45) is 0 Å². The quantitative estimate of drug-likeness (QED) is 0.373. The number of esters is 1. The lowest BCUT2D eigenvalue weighted by atomic mass is 10.1. The van der Waals surface area contributed by atoms with Crippen molar-refractivity contribution in [2.75, 3.05) is 23.5 Å². The zero-order valence-corrected chi connectivity index (χ0v) is 19.7. The molecule has 1 aromatic carbocycles. The van der Waals surface area contributed by atoms with Gasteiger partial charge in [-0.15, -0.1) is 21.5 Å². The standard InChI is InChI=1S/C20H22N4O3S3/c1-10-7-6-8-14(11(10)2)21-19-23-24-20(30-19)28-9-15(25)22-17-16(18(26)27-5)12(3)13(4)29-17/h6-8H,9H2,1-5H3,(H,21,23)(H,22,25). The van der Waals surface area contributed by atoms with Crippen molar-refractivity contribution in [1.29, 1.82) is 0 Å². The average molecular weight is 463 g/mol. The number of aryl methyl sites for hydroxylation is 2. The van der Waals surface area contributed by atoms with Gasteiger partial charge in [0.05, 0.1) is 18.4 Å². The monoisotopic (exact) mass is 462 g/mol. The number of thioether (sulfide) groups is 1. The highest BCUT2D eigenvalue weighted by atomic mass is 32.2. The summed E-state index contributed by atoms with van der Waals surface area (Å²) in [6.07, 6.45) is 0. The number of hydrogen-bond acceptors (Lipinski definition) is 9. The van der Waals surface area contributed by atoms with E-state index in [1.165, 1.54) is 47.1 Å². The lowest BCUT2D eigenvalue weighted by molar-refractivity contribution is -0.113. The van der Waals surface area contributed by atoms with Crippen LogP contribution in [0.5, 0.6) is 0 Å². The SMILES string of the molecule is COC(=O)c1c(NC(=O)CSc2nnc(Nc3cccc(C)c3C)s2)sc(C)c1C. The Kier molecular flexibility index (Phi) is 7.11. The Hall–Kier alpha value is -2.43. The third-order valence-electron chi connectivity index (χ3n) is 4.61. The molecular formula is C20H22N4O3S3. The summed E-state index contributed by atoms with van der Waals surface area (Å²) >= 11 is 4.05. The largest absolute Gasteiger partial charge is 0.465 e. The Labute approximate surface area is 187 Å². The predicted molar refractivity (Wildman–Crippen MR) is 124 cm³/mol. The van der Waals surface area contributed by atoms with Gasteiger partial charge in [-0.2, -0.15) is 0 Å². The van der Waals surface area contributed by atoms with E-state index >= 15 is 0 Å². The Morgan fingerprint density at radius 3 is 2.60 bits per heavy atom. The molecule has 30 heavy (non-hydrogen) atoms. The summed E-state index contributed by atoms with van der Waals surface area (Å²) in [5.41, 5.74) is 4.57. The van der Waals surface area contributed by atoms with Gasteiger partial charge in [0, 0.05) is 10.6 Å². The third-order valence-corrected chi connectivity index (χ3v) is 7.70. The first-order valence-electron chi connectivity index (χ1n) is 9.07. The van der Waals surface area contributed by atoms with Gasteiger partial charge in [0.1, 0.15) is 5.00 Å². The summed E-state index contributed by atoms with van der Waals surface area (Å²) in [5.74, 6) is -0.508. The van der Waals surface area contributed by atoms with E-state index in [2.05, 4.69) is 40.7 Å². The van der Waals surface area contributed by atoms with Crippen LogP contribution in [0.1, 0.15) is 31.9 Å². The molecule has 158 valence electrons. The maximum Gasteiger partial charge on any atom is 0.341 e. The molecule has 1 amide bonds. The second-order valence-corrected chi connectivity index (χ2v) is 9.99. The maximum absolute atomic E-state index is 12.4. The van der Waals surface area contributed by atoms with Crippen molar-refractivity contribution in [3.63, 3.8) is 0 Å². The van der Waals surface area contributed by atoms with E-state index in [0.717, 1.165) is 21.7 Å². The Morgan fingerprint density at radius 1 is 1.10 bits per heavy atom. The predicted octanol–water partition coefficient (Wildman–Crippen LogP) is 5.09. The molecule has 2 N–H and O–H groups in total. The Morgan fingerprint density at radius 2 is 1.87 bits per heavy atom. The number of nitrogens with one attached hydrogen (secondary N) is 2. The van der Waals surface area contributed by atoms with E-state index in [1.54, 1.807) is 0 Å². The number of amides is 1. The molecule has 7 nitrogen and oxygen atoms in total. The van der Waals surface area contributed by atoms with Crippen LogP contribution in [0.2, 0.25) is 0 Å². The van der Waals surface area contributed by atoms with Crippen molar-refractivity contribution >= 4 is 62.1 Å². The Bertz CT molecular complexity index is 1090. The fraction of sp³-hybridized carbons (Fsp3) is 0.300. The molecule has 3 rings (SSSR count). The molecular weight excluding hydrogens is 440 g/mol. The van der Waals surface area contributed by atoms with Crippen LogP contribution in [0.15, 0.2) is 22.5 Å². The van der Waals surface area contributed by atoms with Crippen molar-refractivity contribution in [3.8, 4) is 0 Å². The van der Waals surface area contributed by atoms with Crippen LogP contribution in [-0.4, -0.2) is 34.9 Å². The highest BCUT2D eigenvalue weighted by Crippen LogP contribution is 2.34. The minimum Gasteiger partial charge on any atom is -0.465 e. The number of carbonyl (C=O) groups excluding carboxylic acids is 2. The highest BCUT2D eigenvalue weighted by Gasteiger charge is 2.21. The summed E-state index contributed by atoms with van der Waals surface area (Å²) in [4.78, 5) is 25.4. The summed E-state index contributed by atoms with van der Waals surface area (Å²) < 4.78 is 5.52. The fourth-order valence-electron chi connectivity index (χ4n) is 2.67. The van der Waals surface area contributed by atoms with Crippen molar-refractivity contribution < 1.29 is 14.3 Å². The van der Waals surface area contributed by atoms with E-state index in [9.17, 15) is 9.59 Å². The zero-order valence-electron chi connectivity index (χ0n) is 17.3. The number of methoxy groups -OCH3 is 1. The second-order valence-electron chi connectivity index (χ2n) is 6.56. The number of benzene rings is 1. The Balaban J connectivity index is 1.61. The molecule has 0 bridgehead atoms. The molecule has 3 aromatic rings. The van der Waals surface area contributed by atoms with Crippen LogP contribution < -0.4 is 10.6 Å². The lowest BCUT2D eigenvalue weighted by Crippen LogP contribution is -2.16. The first-order valence-corrected chi connectivity index (χ1v) is 11.7. The topological polar surface area (TPSA) is 93.2 Å². The third kappa shape index (κ3) is 5.00. The molecule has 0 fully saturated rings. The van der Waals surface area contributed by atoms with Gasteiger partial charge in [-0.1, -0.05) is 35.2 Å². The molecule has 0 radical (unpaired) electrons. The van der Waals surface area contributed by atoms with E-state index in [4.69, 9.17) is 4.74 Å².